The second-order valence-corrected chi connectivity index (χ2v) is 5.24. The first kappa shape index (κ1) is 14.9. The lowest BCUT2D eigenvalue weighted by Gasteiger charge is -2.35. The van der Waals surface area contributed by atoms with Crippen LogP contribution in [-0.4, -0.2) is 49.1 Å². The van der Waals surface area contributed by atoms with Crippen LogP contribution in [0.4, 0.5) is 0 Å². The van der Waals surface area contributed by atoms with Gasteiger partial charge in [-0.3, -0.25) is 9.69 Å². The SMILES string of the molecule is CC(C)CCNC(=O)C(C)N1CCNCC1C#N. The zero-order valence-corrected chi connectivity index (χ0v) is 11.6. The van der Waals surface area contributed by atoms with Crippen LogP contribution in [0.15, 0.2) is 0 Å². The zero-order chi connectivity index (χ0) is 13.5. The molecule has 1 aliphatic heterocycles. The molecule has 0 bridgehead atoms. The van der Waals surface area contributed by atoms with Crippen molar-refractivity contribution in [2.45, 2.75) is 39.3 Å². The predicted octanol–water partition coefficient (Wildman–Crippen LogP) is 0.335. The average Bonchev–Trinajstić information content (AvgIpc) is 2.37. The van der Waals surface area contributed by atoms with Crippen LogP contribution in [0.2, 0.25) is 0 Å². The number of hydrogen-bond donors (Lipinski definition) is 2. The summed E-state index contributed by atoms with van der Waals surface area (Å²) in [5.74, 6) is 0.615. The third-order valence-electron chi connectivity index (χ3n) is 3.33. The van der Waals surface area contributed by atoms with Gasteiger partial charge in [-0.2, -0.15) is 5.26 Å². The number of piperazine rings is 1. The van der Waals surface area contributed by atoms with Gasteiger partial charge in [0, 0.05) is 26.2 Å². The minimum atomic E-state index is -0.232. The van der Waals surface area contributed by atoms with Gasteiger partial charge in [0.1, 0.15) is 6.04 Å². The Labute approximate surface area is 110 Å². The lowest BCUT2D eigenvalue weighted by Crippen LogP contribution is -2.57. The summed E-state index contributed by atoms with van der Waals surface area (Å²) in [6.07, 6.45) is 0.988. The number of carbonyl (C=O) groups is 1. The first-order valence-corrected chi connectivity index (χ1v) is 6.70. The van der Waals surface area contributed by atoms with Crippen molar-refractivity contribution in [2.75, 3.05) is 26.2 Å². The second-order valence-electron chi connectivity index (χ2n) is 5.24. The molecule has 1 saturated heterocycles. The van der Waals surface area contributed by atoms with Crippen LogP contribution in [0.25, 0.3) is 0 Å². The molecule has 0 radical (unpaired) electrons. The third kappa shape index (κ3) is 4.28. The molecule has 1 aliphatic rings. The predicted molar refractivity (Wildman–Crippen MR) is 70.9 cm³/mol. The van der Waals surface area contributed by atoms with Gasteiger partial charge in [0.25, 0.3) is 0 Å². The minimum Gasteiger partial charge on any atom is -0.355 e. The van der Waals surface area contributed by atoms with E-state index in [0.29, 0.717) is 19.0 Å². The Hall–Kier alpha value is -1.12. The first-order chi connectivity index (χ1) is 8.56. The largest absolute Gasteiger partial charge is 0.355 e. The molecular weight excluding hydrogens is 228 g/mol. The van der Waals surface area contributed by atoms with E-state index in [1.807, 2.05) is 11.8 Å². The quantitative estimate of drug-likeness (QED) is 0.740. The van der Waals surface area contributed by atoms with Crippen LogP contribution in [0.5, 0.6) is 0 Å². The number of nitrogens with zero attached hydrogens (tertiary/aromatic N) is 2. The van der Waals surface area contributed by atoms with Crippen molar-refractivity contribution in [1.82, 2.24) is 15.5 Å². The van der Waals surface area contributed by atoms with Crippen molar-refractivity contribution in [3.8, 4) is 6.07 Å². The fraction of sp³-hybridized carbons (Fsp3) is 0.846. The number of carbonyl (C=O) groups excluding carboxylic acids is 1. The molecule has 5 heteroatoms. The molecule has 1 amide bonds. The Morgan fingerprint density at radius 3 is 2.89 bits per heavy atom. The van der Waals surface area contributed by atoms with Gasteiger partial charge < -0.3 is 10.6 Å². The van der Waals surface area contributed by atoms with E-state index in [2.05, 4.69) is 30.6 Å². The van der Waals surface area contributed by atoms with Crippen molar-refractivity contribution in [2.24, 2.45) is 5.92 Å². The Kier molecular flexibility index (Phi) is 6.10. The van der Waals surface area contributed by atoms with E-state index in [9.17, 15) is 4.79 Å². The van der Waals surface area contributed by atoms with E-state index < -0.39 is 0 Å². The maximum absolute atomic E-state index is 12.0. The highest BCUT2D eigenvalue weighted by Crippen LogP contribution is 2.08. The number of hydrogen-bond acceptors (Lipinski definition) is 4. The summed E-state index contributed by atoms with van der Waals surface area (Å²) in [6.45, 7) is 9.08. The van der Waals surface area contributed by atoms with Crippen LogP contribution < -0.4 is 10.6 Å². The maximum Gasteiger partial charge on any atom is 0.237 e. The van der Waals surface area contributed by atoms with Gasteiger partial charge in [0.15, 0.2) is 0 Å². The monoisotopic (exact) mass is 252 g/mol. The smallest absolute Gasteiger partial charge is 0.237 e. The minimum absolute atomic E-state index is 0.0257. The molecule has 1 rings (SSSR count). The van der Waals surface area contributed by atoms with E-state index in [1.54, 1.807) is 0 Å². The zero-order valence-electron chi connectivity index (χ0n) is 11.6. The second kappa shape index (κ2) is 7.34. The van der Waals surface area contributed by atoms with Crippen LogP contribution in [-0.2, 0) is 4.79 Å². The molecule has 0 aliphatic carbocycles. The lowest BCUT2D eigenvalue weighted by molar-refractivity contribution is -0.126. The molecule has 1 fully saturated rings. The van der Waals surface area contributed by atoms with Crippen LogP contribution in [0, 0.1) is 17.2 Å². The highest BCUT2D eigenvalue weighted by atomic mass is 16.2. The molecule has 0 spiro atoms. The Bertz CT molecular complexity index is 311. The van der Waals surface area contributed by atoms with Crippen molar-refractivity contribution >= 4 is 5.91 Å². The van der Waals surface area contributed by atoms with Gasteiger partial charge >= 0.3 is 0 Å². The van der Waals surface area contributed by atoms with E-state index >= 15 is 0 Å². The Morgan fingerprint density at radius 1 is 1.56 bits per heavy atom. The molecule has 0 aromatic carbocycles. The highest BCUT2D eigenvalue weighted by Gasteiger charge is 2.29. The summed E-state index contributed by atoms with van der Waals surface area (Å²) < 4.78 is 0. The van der Waals surface area contributed by atoms with Gasteiger partial charge in [-0.1, -0.05) is 13.8 Å². The van der Waals surface area contributed by atoms with Crippen molar-refractivity contribution in [3.05, 3.63) is 0 Å². The normalized spacial score (nSPS) is 22.5. The lowest BCUT2D eigenvalue weighted by atomic mass is 10.1. The summed E-state index contributed by atoms with van der Waals surface area (Å²) in [5, 5.41) is 15.2. The number of rotatable bonds is 5. The molecule has 5 nitrogen and oxygen atoms in total. The molecule has 2 unspecified atom stereocenters. The van der Waals surface area contributed by atoms with Crippen LogP contribution in [0.1, 0.15) is 27.2 Å². The summed E-state index contributed by atoms with van der Waals surface area (Å²) >= 11 is 0. The molecule has 2 atom stereocenters. The third-order valence-corrected chi connectivity index (χ3v) is 3.33. The molecule has 102 valence electrons. The van der Waals surface area contributed by atoms with Crippen molar-refractivity contribution in [1.29, 1.82) is 5.26 Å². The van der Waals surface area contributed by atoms with Crippen LogP contribution in [0.3, 0.4) is 0 Å². The fourth-order valence-corrected chi connectivity index (χ4v) is 2.09. The standard InChI is InChI=1S/C13H24N4O/c1-10(2)4-5-16-13(18)11(3)17-7-6-15-9-12(17)8-14/h10-12,15H,4-7,9H2,1-3H3,(H,16,18). The van der Waals surface area contributed by atoms with Crippen LogP contribution >= 0.6 is 0 Å². The molecule has 18 heavy (non-hydrogen) atoms. The average molecular weight is 252 g/mol. The Morgan fingerprint density at radius 2 is 2.28 bits per heavy atom. The number of nitrogens with one attached hydrogen (secondary N) is 2. The van der Waals surface area contributed by atoms with Gasteiger partial charge in [0.2, 0.25) is 5.91 Å². The summed E-state index contributed by atoms with van der Waals surface area (Å²) in [4.78, 5) is 14.0. The molecular formula is C13H24N4O. The Balaban J connectivity index is 2.44. The first-order valence-electron chi connectivity index (χ1n) is 6.70. The van der Waals surface area contributed by atoms with E-state index in [4.69, 9.17) is 5.26 Å². The van der Waals surface area contributed by atoms with Gasteiger partial charge in [0.05, 0.1) is 12.1 Å². The molecule has 0 aromatic rings. The van der Waals surface area contributed by atoms with Gasteiger partial charge in [-0.25, -0.2) is 0 Å². The maximum atomic E-state index is 12.0. The van der Waals surface area contributed by atoms with E-state index in [-0.39, 0.29) is 18.0 Å². The number of amides is 1. The molecule has 1 heterocycles. The van der Waals surface area contributed by atoms with Gasteiger partial charge in [-0.05, 0) is 19.3 Å². The summed E-state index contributed by atoms with van der Waals surface area (Å²) in [6, 6.07) is 1.81. The molecule has 0 saturated carbocycles. The molecule has 2 N–H and O–H groups in total. The fourth-order valence-electron chi connectivity index (χ4n) is 2.09. The molecule has 0 aromatic heterocycles. The number of nitriles is 1. The summed E-state index contributed by atoms with van der Waals surface area (Å²) in [7, 11) is 0. The van der Waals surface area contributed by atoms with Crippen molar-refractivity contribution < 1.29 is 4.79 Å². The van der Waals surface area contributed by atoms with Crippen molar-refractivity contribution in [3.63, 3.8) is 0 Å². The topological polar surface area (TPSA) is 68.2 Å². The summed E-state index contributed by atoms with van der Waals surface area (Å²) in [5.41, 5.74) is 0. The van der Waals surface area contributed by atoms with E-state index in [1.165, 1.54) is 0 Å². The van der Waals surface area contributed by atoms with Gasteiger partial charge in [-0.15, -0.1) is 0 Å². The van der Waals surface area contributed by atoms with E-state index in [0.717, 1.165) is 19.5 Å². The highest BCUT2D eigenvalue weighted by molar-refractivity contribution is 5.81.